The number of nitrogens with zero attached hydrogens (tertiary/aromatic N) is 2. The molecule has 0 aromatic heterocycles. The van der Waals surface area contributed by atoms with Crippen LogP contribution in [-0.2, 0) is 4.79 Å². The third-order valence-electron chi connectivity index (χ3n) is 6.41. The second kappa shape index (κ2) is 18.2. The molecule has 0 spiro atoms. The van der Waals surface area contributed by atoms with Crippen LogP contribution in [0.3, 0.4) is 0 Å². The predicted octanol–water partition coefficient (Wildman–Crippen LogP) is 6.49. The Kier molecular flexibility index (Phi) is 14.9. The van der Waals surface area contributed by atoms with Crippen LogP contribution in [-0.4, -0.2) is 60.6 Å². The summed E-state index contributed by atoms with van der Waals surface area (Å²) in [6.07, 6.45) is 16.6. The molecule has 6 heteroatoms. The van der Waals surface area contributed by atoms with Gasteiger partial charge in [0.2, 0.25) is 5.91 Å². The van der Waals surface area contributed by atoms with E-state index < -0.39 is 0 Å². The first-order valence-corrected chi connectivity index (χ1v) is 13.5. The number of carbonyl (C=O) groups excluding carboxylic acids is 1. The van der Waals surface area contributed by atoms with Crippen LogP contribution in [0.2, 0.25) is 0 Å². The third kappa shape index (κ3) is 12.0. The van der Waals surface area contributed by atoms with Crippen LogP contribution < -0.4 is 0 Å². The molecule has 206 valence electrons. The molecule has 0 saturated carbocycles. The summed E-state index contributed by atoms with van der Waals surface area (Å²) in [6, 6.07) is 13.0. The highest BCUT2D eigenvalue weighted by Gasteiger charge is 2.19. The lowest BCUT2D eigenvalue weighted by atomic mass is 9.87. The van der Waals surface area contributed by atoms with E-state index in [0.717, 1.165) is 63.0 Å². The highest BCUT2D eigenvalue weighted by molar-refractivity contribution is 5.76. The third-order valence-corrected chi connectivity index (χ3v) is 6.41. The van der Waals surface area contributed by atoms with Crippen LogP contribution in [0, 0.1) is 11.6 Å². The van der Waals surface area contributed by atoms with Crippen LogP contribution in [0.4, 0.5) is 8.78 Å². The van der Waals surface area contributed by atoms with Crippen LogP contribution in [0.15, 0.2) is 85.0 Å². The van der Waals surface area contributed by atoms with Gasteiger partial charge in [-0.15, -0.1) is 0 Å². The number of carbonyl (C=O) groups is 1. The van der Waals surface area contributed by atoms with Crippen LogP contribution in [0.25, 0.3) is 0 Å². The van der Waals surface area contributed by atoms with Crippen molar-refractivity contribution >= 4 is 5.91 Å². The minimum atomic E-state index is -0.264. The molecule has 4 nitrogen and oxygen atoms in total. The molecule has 4 rings (SSSR count). The number of allylic oxidation sites excluding steroid dienone is 6. The number of benzene rings is 2. The lowest BCUT2D eigenvalue weighted by Crippen LogP contribution is -2.47. The van der Waals surface area contributed by atoms with Gasteiger partial charge in [-0.1, -0.05) is 67.1 Å². The molecule has 0 radical (unpaired) electrons. The summed E-state index contributed by atoms with van der Waals surface area (Å²) in [6.45, 7) is 5.41. The van der Waals surface area contributed by atoms with E-state index >= 15 is 0 Å². The van der Waals surface area contributed by atoms with Crippen molar-refractivity contribution in [3.63, 3.8) is 0 Å². The average molecular weight is 525 g/mol. The van der Waals surface area contributed by atoms with Crippen molar-refractivity contribution in [3.8, 4) is 0 Å². The SMILES string of the molecule is C1=CC=CCC=C1.CCO.CN1CCN(C(=O)CCCCC(c2ccc(F)cc2)c2ccc(F)cc2)CC1. The second-order valence-electron chi connectivity index (χ2n) is 9.38. The maximum atomic E-state index is 13.3. The molecule has 1 aliphatic heterocycles. The quantitative estimate of drug-likeness (QED) is 0.421. The summed E-state index contributed by atoms with van der Waals surface area (Å²) < 4.78 is 26.6. The van der Waals surface area contributed by atoms with Crippen molar-refractivity contribution in [2.24, 2.45) is 0 Å². The van der Waals surface area contributed by atoms with Gasteiger partial charge in [-0.05, 0) is 68.6 Å². The van der Waals surface area contributed by atoms with Gasteiger partial charge < -0.3 is 14.9 Å². The van der Waals surface area contributed by atoms with E-state index in [9.17, 15) is 13.6 Å². The Morgan fingerprint density at radius 3 is 1.76 bits per heavy atom. The first-order chi connectivity index (χ1) is 18.4. The zero-order valence-electron chi connectivity index (χ0n) is 22.7. The first kappa shape index (κ1) is 31.1. The first-order valence-electron chi connectivity index (χ1n) is 13.5. The van der Waals surface area contributed by atoms with Crippen molar-refractivity contribution < 1.29 is 18.7 Å². The molecule has 0 bridgehead atoms. The largest absolute Gasteiger partial charge is 0.397 e. The normalized spacial score (nSPS) is 14.8. The van der Waals surface area contributed by atoms with Crippen molar-refractivity contribution in [1.29, 1.82) is 0 Å². The van der Waals surface area contributed by atoms with Gasteiger partial charge in [-0.2, -0.15) is 0 Å². The molecule has 1 fully saturated rings. The maximum absolute atomic E-state index is 13.3. The van der Waals surface area contributed by atoms with Crippen molar-refractivity contribution in [3.05, 3.63) is 108 Å². The smallest absolute Gasteiger partial charge is 0.222 e. The highest BCUT2D eigenvalue weighted by atomic mass is 19.1. The second-order valence-corrected chi connectivity index (χ2v) is 9.38. The summed E-state index contributed by atoms with van der Waals surface area (Å²) in [7, 11) is 2.08. The zero-order valence-corrected chi connectivity index (χ0v) is 22.7. The highest BCUT2D eigenvalue weighted by Crippen LogP contribution is 2.30. The fourth-order valence-corrected chi connectivity index (χ4v) is 4.28. The molecule has 2 aromatic rings. The van der Waals surface area contributed by atoms with E-state index in [2.05, 4.69) is 36.3 Å². The van der Waals surface area contributed by atoms with E-state index in [1.807, 2.05) is 17.1 Å². The summed E-state index contributed by atoms with van der Waals surface area (Å²) >= 11 is 0. The van der Waals surface area contributed by atoms with Crippen LogP contribution in [0.5, 0.6) is 0 Å². The van der Waals surface area contributed by atoms with Gasteiger partial charge in [0.05, 0.1) is 0 Å². The number of aliphatic hydroxyl groups is 1. The lowest BCUT2D eigenvalue weighted by molar-refractivity contribution is -0.132. The molecule has 1 aliphatic carbocycles. The molecule has 2 aromatic carbocycles. The fourth-order valence-electron chi connectivity index (χ4n) is 4.28. The summed E-state index contributed by atoms with van der Waals surface area (Å²) in [4.78, 5) is 16.6. The number of amides is 1. The van der Waals surface area contributed by atoms with Gasteiger partial charge >= 0.3 is 0 Å². The van der Waals surface area contributed by atoms with Gasteiger partial charge in [0.25, 0.3) is 0 Å². The Morgan fingerprint density at radius 1 is 0.816 bits per heavy atom. The van der Waals surface area contributed by atoms with Crippen molar-refractivity contribution in [2.75, 3.05) is 39.8 Å². The van der Waals surface area contributed by atoms with Crippen LogP contribution >= 0.6 is 0 Å². The molecule has 1 saturated heterocycles. The monoisotopic (exact) mass is 524 g/mol. The molecule has 0 unspecified atom stereocenters. The Balaban J connectivity index is 0.000000427. The van der Waals surface area contributed by atoms with E-state index in [1.165, 1.54) is 24.3 Å². The minimum Gasteiger partial charge on any atom is -0.397 e. The van der Waals surface area contributed by atoms with Crippen molar-refractivity contribution in [2.45, 2.75) is 44.9 Å². The Morgan fingerprint density at radius 2 is 1.29 bits per heavy atom. The Hall–Kier alpha value is -3.09. The number of piperazine rings is 1. The van der Waals surface area contributed by atoms with Gasteiger partial charge in [0, 0.05) is 45.1 Å². The molecule has 1 amide bonds. The fraction of sp³-hybridized carbons (Fsp3) is 0.406. The summed E-state index contributed by atoms with van der Waals surface area (Å²) in [5.41, 5.74) is 2.02. The molecular formula is C32H42F2N2O2. The topological polar surface area (TPSA) is 43.8 Å². The molecular weight excluding hydrogens is 482 g/mol. The van der Waals surface area contributed by atoms with Crippen molar-refractivity contribution in [1.82, 2.24) is 9.80 Å². The molecule has 1 N–H and O–H groups in total. The molecule has 1 heterocycles. The lowest BCUT2D eigenvalue weighted by Gasteiger charge is -2.32. The molecule has 2 aliphatic rings. The van der Waals surface area contributed by atoms with Gasteiger partial charge in [0.15, 0.2) is 0 Å². The van der Waals surface area contributed by atoms with E-state index in [4.69, 9.17) is 5.11 Å². The van der Waals surface area contributed by atoms with Crippen LogP contribution in [0.1, 0.15) is 56.1 Å². The number of unbranched alkanes of at least 4 members (excludes halogenated alkanes) is 1. The predicted molar refractivity (Wildman–Crippen MR) is 152 cm³/mol. The molecule has 38 heavy (non-hydrogen) atoms. The number of aliphatic hydroxyl groups excluding tert-OH is 1. The van der Waals surface area contributed by atoms with E-state index in [-0.39, 0.29) is 30.1 Å². The number of halogens is 2. The Bertz CT molecular complexity index is 949. The van der Waals surface area contributed by atoms with Gasteiger partial charge in [-0.3, -0.25) is 4.79 Å². The Labute approximate surface area is 227 Å². The van der Waals surface area contributed by atoms with E-state index in [1.54, 1.807) is 31.2 Å². The average Bonchev–Trinajstić information content (AvgIpc) is 3.25. The van der Waals surface area contributed by atoms with E-state index in [0.29, 0.717) is 6.42 Å². The standard InChI is InChI=1S/C23H28F2N2O.C7H8.C2H6O/c1-26-14-16-27(17-15-26)23(28)5-3-2-4-22(18-6-10-20(24)11-7-18)19-8-12-21(25)13-9-19;1-2-4-6-7-5-3-1;1-2-3/h6-13,22H,2-5,14-17H2,1H3;1-6H,7H2;3H,2H2,1H3. The number of rotatable bonds is 7. The van der Waals surface area contributed by atoms with Gasteiger partial charge in [-0.25, -0.2) is 8.78 Å². The summed E-state index contributed by atoms with van der Waals surface area (Å²) in [5.74, 6) is -0.230. The number of hydrogen-bond donors (Lipinski definition) is 1. The van der Waals surface area contributed by atoms with Gasteiger partial charge in [0.1, 0.15) is 11.6 Å². The number of likely N-dealkylation sites (N-methyl/N-ethyl adjacent to an activating group) is 1. The number of hydrogen-bond acceptors (Lipinski definition) is 3. The zero-order chi connectivity index (χ0) is 27.6. The summed E-state index contributed by atoms with van der Waals surface area (Å²) in [5, 5.41) is 7.57. The minimum absolute atomic E-state index is 0.0694. The molecule has 0 atom stereocenters. The maximum Gasteiger partial charge on any atom is 0.222 e.